The SMILES string of the molecule is Oc1ccc(O)c([C@@H](CC(F)F)N2CCNCC2)c1. The van der Waals surface area contributed by atoms with Gasteiger partial charge in [0.2, 0.25) is 6.43 Å². The van der Waals surface area contributed by atoms with E-state index in [0.717, 1.165) is 13.1 Å². The molecule has 4 nitrogen and oxygen atoms in total. The second-order valence-corrected chi connectivity index (χ2v) is 4.67. The molecule has 1 aliphatic heterocycles. The van der Waals surface area contributed by atoms with Crippen LogP contribution in [0.25, 0.3) is 0 Å². The first-order chi connectivity index (χ1) is 9.08. The van der Waals surface area contributed by atoms with Crippen LogP contribution in [-0.4, -0.2) is 47.7 Å². The van der Waals surface area contributed by atoms with E-state index < -0.39 is 12.5 Å². The summed E-state index contributed by atoms with van der Waals surface area (Å²) in [6.45, 7) is 2.76. The third-order valence-electron chi connectivity index (χ3n) is 3.36. The van der Waals surface area contributed by atoms with Crippen LogP contribution in [0, 0.1) is 0 Å². The molecule has 0 amide bonds. The molecule has 1 heterocycles. The number of piperazine rings is 1. The van der Waals surface area contributed by atoms with Crippen LogP contribution in [0.2, 0.25) is 0 Å². The number of nitrogens with one attached hydrogen (secondary N) is 1. The molecule has 1 aromatic carbocycles. The monoisotopic (exact) mass is 272 g/mol. The van der Waals surface area contributed by atoms with E-state index in [2.05, 4.69) is 5.32 Å². The Kier molecular flexibility index (Phi) is 4.55. The molecule has 106 valence electrons. The second kappa shape index (κ2) is 6.16. The van der Waals surface area contributed by atoms with Crippen molar-refractivity contribution in [2.24, 2.45) is 0 Å². The van der Waals surface area contributed by atoms with Gasteiger partial charge in [0.05, 0.1) is 0 Å². The van der Waals surface area contributed by atoms with Crippen molar-refractivity contribution in [2.45, 2.75) is 18.9 Å². The average molecular weight is 272 g/mol. The van der Waals surface area contributed by atoms with Gasteiger partial charge in [-0.15, -0.1) is 0 Å². The van der Waals surface area contributed by atoms with Gasteiger partial charge in [-0.2, -0.15) is 0 Å². The van der Waals surface area contributed by atoms with E-state index in [1.54, 1.807) is 0 Å². The fraction of sp³-hybridized carbons (Fsp3) is 0.538. The summed E-state index contributed by atoms with van der Waals surface area (Å²) < 4.78 is 25.5. The summed E-state index contributed by atoms with van der Waals surface area (Å²) in [5.41, 5.74) is 0.363. The van der Waals surface area contributed by atoms with Crippen LogP contribution >= 0.6 is 0 Å². The van der Waals surface area contributed by atoms with E-state index >= 15 is 0 Å². The van der Waals surface area contributed by atoms with Gasteiger partial charge >= 0.3 is 0 Å². The summed E-state index contributed by atoms with van der Waals surface area (Å²) in [4.78, 5) is 1.91. The van der Waals surface area contributed by atoms with Crippen molar-refractivity contribution in [3.8, 4) is 11.5 Å². The highest BCUT2D eigenvalue weighted by atomic mass is 19.3. The molecular formula is C13H18F2N2O2. The van der Waals surface area contributed by atoms with Crippen LogP contribution in [0.5, 0.6) is 11.5 Å². The normalized spacial score (nSPS) is 18.7. The van der Waals surface area contributed by atoms with Crippen molar-refractivity contribution in [3.05, 3.63) is 23.8 Å². The lowest BCUT2D eigenvalue weighted by molar-refractivity contribution is 0.0729. The molecule has 1 saturated heterocycles. The van der Waals surface area contributed by atoms with Gasteiger partial charge in [-0.1, -0.05) is 0 Å². The number of rotatable bonds is 4. The van der Waals surface area contributed by atoms with Crippen molar-refractivity contribution in [1.29, 1.82) is 0 Å². The van der Waals surface area contributed by atoms with Crippen LogP contribution in [0.4, 0.5) is 8.78 Å². The average Bonchev–Trinajstić information content (AvgIpc) is 2.40. The molecule has 0 radical (unpaired) electrons. The topological polar surface area (TPSA) is 55.7 Å². The molecule has 6 heteroatoms. The van der Waals surface area contributed by atoms with Crippen molar-refractivity contribution in [1.82, 2.24) is 10.2 Å². The minimum atomic E-state index is -2.46. The molecule has 0 aromatic heterocycles. The summed E-state index contributed by atoms with van der Waals surface area (Å²) in [6.07, 6.45) is -2.81. The minimum absolute atomic E-state index is 0.0257. The van der Waals surface area contributed by atoms with Gasteiger partial charge < -0.3 is 15.5 Å². The molecule has 2 rings (SSSR count). The highest BCUT2D eigenvalue weighted by molar-refractivity contribution is 5.40. The Bertz CT molecular complexity index is 423. The van der Waals surface area contributed by atoms with Gasteiger partial charge in [0.15, 0.2) is 0 Å². The lowest BCUT2D eigenvalue weighted by Gasteiger charge is -2.35. The molecule has 1 fully saturated rings. The molecule has 19 heavy (non-hydrogen) atoms. The second-order valence-electron chi connectivity index (χ2n) is 4.67. The zero-order valence-electron chi connectivity index (χ0n) is 10.5. The number of halogens is 2. The Hall–Kier alpha value is -1.40. The lowest BCUT2D eigenvalue weighted by atomic mass is 10.00. The Labute approximate surface area is 110 Å². The zero-order chi connectivity index (χ0) is 13.8. The maximum atomic E-state index is 12.8. The van der Waals surface area contributed by atoms with Gasteiger partial charge in [0.25, 0.3) is 0 Å². The molecule has 0 spiro atoms. The first-order valence-corrected chi connectivity index (χ1v) is 6.32. The highest BCUT2D eigenvalue weighted by Crippen LogP contribution is 2.35. The number of alkyl halides is 2. The Balaban J connectivity index is 2.27. The maximum Gasteiger partial charge on any atom is 0.240 e. The van der Waals surface area contributed by atoms with Gasteiger partial charge in [0, 0.05) is 44.2 Å². The van der Waals surface area contributed by atoms with Crippen molar-refractivity contribution < 1.29 is 19.0 Å². The van der Waals surface area contributed by atoms with Crippen molar-refractivity contribution >= 4 is 0 Å². The maximum absolute atomic E-state index is 12.8. The van der Waals surface area contributed by atoms with Crippen molar-refractivity contribution in [2.75, 3.05) is 26.2 Å². The van der Waals surface area contributed by atoms with Crippen LogP contribution in [-0.2, 0) is 0 Å². The summed E-state index contributed by atoms with van der Waals surface area (Å²) >= 11 is 0. The summed E-state index contributed by atoms with van der Waals surface area (Å²) in [7, 11) is 0. The lowest BCUT2D eigenvalue weighted by Crippen LogP contribution is -2.45. The molecule has 0 saturated carbocycles. The summed E-state index contributed by atoms with van der Waals surface area (Å²) in [6, 6.07) is 3.47. The predicted molar refractivity (Wildman–Crippen MR) is 67.6 cm³/mol. The molecule has 1 atom stereocenters. The van der Waals surface area contributed by atoms with E-state index in [-0.39, 0.29) is 17.9 Å². The van der Waals surface area contributed by atoms with Crippen molar-refractivity contribution in [3.63, 3.8) is 0 Å². The fourth-order valence-corrected chi connectivity index (χ4v) is 2.44. The molecule has 3 N–H and O–H groups in total. The largest absolute Gasteiger partial charge is 0.508 e. The van der Waals surface area contributed by atoms with Crippen LogP contribution in [0.3, 0.4) is 0 Å². The summed E-state index contributed by atoms with van der Waals surface area (Å²) in [5, 5.41) is 22.5. The highest BCUT2D eigenvalue weighted by Gasteiger charge is 2.27. The predicted octanol–water partition coefficient (Wildman–Crippen LogP) is 1.70. The number of hydrogen-bond donors (Lipinski definition) is 3. The number of phenols is 2. The van der Waals surface area contributed by atoms with E-state index in [0.29, 0.717) is 18.7 Å². The van der Waals surface area contributed by atoms with Gasteiger partial charge in [-0.3, -0.25) is 4.90 Å². The van der Waals surface area contributed by atoms with E-state index in [1.165, 1.54) is 18.2 Å². The number of nitrogens with zero attached hydrogens (tertiary/aromatic N) is 1. The summed E-state index contributed by atoms with van der Waals surface area (Å²) in [5.74, 6) is -0.0795. The van der Waals surface area contributed by atoms with Gasteiger partial charge in [-0.25, -0.2) is 8.78 Å². The number of aromatic hydroxyl groups is 2. The van der Waals surface area contributed by atoms with E-state index in [4.69, 9.17) is 0 Å². The standard InChI is InChI=1S/C13H18F2N2O2/c14-13(15)8-11(17-5-3-16-4-6-17)10-7-9(18)1-2-12(10)19/h1-2,7,11,13,16,18-19H,3-6,8H2/t11-/m1/s1. The van der Waals surface area contributed by atoms with E-state index in [1.807, 2.05) is 4.90 Å². The Morgan fingerprint density at radius 3 is 2.53 bits per heavy atom. The Morgan fingerprint density at radius 2 is 1.89 bits per heavy atom. The third kappa shape index (κ3) is 3.54. The minimum Gasteiger partial charge on any atom is -0.508 e. The molecule has 0 aliphatic carbocycles. The van der Waals surface area contributed by atoms with Crippen LogP contribution in [0.1, 0.15) is 18.0 Å². The number of hydrogen-bond acceptors (Lipinski definition) is 4. The Morgan fingerprint density at radius 1 is 1.21 bits per heavy atom. The third-order valence-corrected chi connectivity index (χ3v) is 3.36. The smallest absolute Gasteiger partial charge is 0.240 e. The van der Waals surface area contributed by atoms with Crippen LogP contribution < -0.4 is 5.32 Å². The molecule has 1 aliphatic rings. The quantitative estimate of drug-likeness (QED) is 0.730. The van der Waals surface area contributed by atoms with Gasteiger partial charge in [-0.05, 0) is 18.2 Å². The molecule has 0 bridgehead atoms. The first kappa shape index (κ1) is 14.0. The van der Waals surface area contributed by atoms with Gasteiger partial charge in [0.1, 0.15) is 11.5 Å². The molecule has 1 aromatic rings. The molecular weight excluding hydrogens is 254 g/mol. The fourth-order valence-electron chi connectivity index (χ4n) is 2.44. The van der Waals surface area contributed by atoms with E-state index in [9.17, 15) is 19.0 Å². The molecule has 0 unspecified atom stereocenters. The first-order valence-electron chi connectivity index (χ1n) is 6.32. The number of phenolic OH excluding ortho intramolecular Hbond substituents is 2. The zero-order valence-corrected chi connectivity index (χ0v) is 10.5. The van der Waals surface area contributed by atoms with Crippen LogP contribution in [0.15, 0.2) is 18.2 Å². The number of benzene rings is 1.